The first-order chi connectivity index (χ1) is 9.78. The Bertz CT molecular complexity index is 560. The van der Waals surface area contributed by atoms with Crippen molar-refractivity contribution in [1.29, 1.82) is 0 Å². The van der Waals surface area contributed by atoms with E-state index >= 15 is 0 Å². The quantitative estimate of drug-likeness (QED) is 0.799. The van der Waals surface area contributed by atoms with Crippen LogP contribution in [0, 0.1) is 0 Å². The summed E-state index contributed by atoms with van der Waals surface area (Å²) in [6.07, 6.45) is 0. The van der Waals surface area contributed by atoms with Crippen molar-refractivity contribution in [2.75, 3.05) is 27.4 Å². The van der Waals surface area contributed by atoms with Gasteiger partial charge in [0.15, 0.2) is 0 Å². The van der Waals surface area contributed by atoms with Gasteiger partial charge in [-0.25, -0.2) is 4.98 Å². The molecule has 0 saturated heterocycles. The lowest BCUT2D eigenvalue weighted by Crippen LogP contribution is -2.36. The van der Waals surface area contributed by atoms with Gasteiger partial charge in [-0.3, -0.25) is 0 Å². The van der Waals surface area contributed by atoms with Gasteiger partial charge in [0.1, 0.15) is 11.3 Å². The second-order valence-electron chi connectivity index (χ2n) is 4.55. The number of nitrogens with zero attached hydrogens (tertiary/aromatic N) is 1. The molecule has 20 heavy (non-hydrogen) atoms. The molecule has 0 aliphatic heterocycles. The van der Waals surface area contributed by atoms with Gasteiger partial charge >= 0.3 is 0 Å². The first-order valence-corrected chi connectivity index (χ1v) is 6.54. The molecule has 0 saturated carbocycles. The number of rotatable bonds is 7. The molecule has 0 aliphatic rings. The van der Waals surface area contributed by atoms with Crippen LogP contribution < -0.4 is 10.1 Å². The Labute approximate surface area is 118 Å². The number of aromatic nitrogens is 1. The molecule has 5 nitrogen and oxygen atoms in total. The number of benzene rings is 1. The lowest BCUT2D eigenvalue weighted by molar-refractivity contribution is 0.128. The molecule has 0 bridgehead atoms. The molecule has 1 aromatic carbocycles. The number of hydrogen-bond acceptors (Lipinski definition) is 5. The summed E-state index contributed by atoms with van der Waals surface area (Å²) < 4.78 is 10.4. The minimum absolute atomic E-state index is 0.0325. The SMILES string of the molecule is COCC(CO)NCc1ccc2cccc(OC)c2n1. The molecule has 2 N–H and O–H groups in total. The molecule has 0 radical (unpaired) electrons. The van der Waals surface area contributed by atoms with Gasteiger partial charge in [0.2, 0.25) is 0 Å². The van der Waals surface area contributed by atoms with Crippen molar-refractivity contribution >= 4 is 10.9 Å². The van der Waals surface area contributed by atoms with Gasteiger partial charge in [0.05, 0.1) is 32.1 Å². The van der Waals surface area contributed by atoms with Crippen LogP contribution >= 0.6 is 0 Å². The molecule has 2 aromatic rings. The lowest BCUT2D eigenvalue weighted by Gasteiger charge is -2.15. The van der Waals surface area contributed by atoms with Crippen LogP contribution in [0.3, 0.4) is 0 Å². The molecule has 1 unspecified atom stereocenters. The van der Waals surface area contributed by atoms with Gasteiger partial charge in [0.25, 0.3) is 0 Å². The van der Waals surface area contributed by atoms with Crippen LogP contribution in [0.4, 0.5) is 0 Å². The topological polar surface area (TPSA) is 63.6 Å². The predicted molar refractivity (Wildman–Crippen MR) is 77.9 cm³/mol. The smallest absolute Gasteiger partial charge is 0.145 e. The fourth-order valence-electron chi connectivity index (χ4n) is 2.05. The number of hydrogen-bond donors (Lipinski definition) is 2. The van der Waals surface area contributed by atoms with Gasteiger partial charge < -0.3 is 19.9 Å². The maximum absolute atomic E-state index is 9.21. The third-order valence-electron chi connectivity index (χ3n) is 3.12. The Hall–Kier alpha value is -1.69. The van der Waals surface area contributed by atoms with Crippen LogP contribution in [0.5, 0.6) is 5.75 Å². The molecular formula is C15H20N2O3. The zero-order valence-electron chi connectivity index (χ0n) is 11.8. The molecule has 1 heterocycles. The van der Waals surface area contributed by atoms with Gasteiger partial charge in [0, 0.05) is 19.0 Å². The summed E-state index contributed by atoms with van der Waals surface area (Å²) in [5.41, 5.74) is 1.75. The van der Waals surface area contributed by atoms with Crippen molar-refractivity contribution in [3.63, 3.8) is 0 Å². The molecule has 2 rings (SSSR count). The number of para-hydroxylation sites is 1. The van der Waals surface area contributed by atoms with Gasteiger partial charge in [-0.15, -0.1) is 0 Å². The summed E-state index contributed by atoms with van der Waals surface area (Å²) in [5.74, 6) is 0.764. The van der Waals surface area contributed by atoms with Crippen molar-refractivity contribution < 1.29 is 14.6 Å². The van der Waals surface area contributed by atoms with E-state index in [1.54, 1.807) is 14.2 Å². The van der Waals surface area contributed by atoms with E-state index in [2.05, 4.69) is 10.3 Å². The monoisotopic (exact) mass is 276 g/mol. The molecule has 108 valence electrons. The number of aliphatic hydroxyl groups excluding tert-OH is 1. The normalized spacial score (nSPS) is 12.6. The zero-order valence-corrected chi connectivity index (χ0v) is 11.8. The van der Waals surface area contributed by atoms with E-state index in [9.17, 15) is 5.11 Å². The van der Waals surface area contributed by atoms with E-state index in [0.29, 0.717) is 13.2 Å². The summed E-state index contributed by atoms with van der Waals surface area (Å²) in [6.45, 7) is 1.07. The van der Waals surface area contributed by atoms with Crippen molar-refractivity contribution in [3.05, 3.63) is 36.0 Å². The lowest BCUT2D eigenvalue weighted by atomic mass is 10.2. The predicted octanol–water partition coefficient (Wildman–Crippen LogP) is 1.34. The highest BCUT2D eigenvalue weighted by molar-refractivity contribution is 5.84. The fourth-order valence-corrected chi connectivity index (χ4v) is 2.05. The Morgan fingerprint density at radius 1 is 1.25 bits per heavy atom. The summed E-state index contributed by atoms with van der Waals surface area (Å²) in [5, 5.41) is 13.5. The number of pyridine rings is 1. The van der Waals surface area contributed by atoms with Crippen molar-refractivity contribution in [2.45, 2.75) is 12.6 Å². The highest BCUT2D eigenvalue weighted by Crippen LogP contribution is 2.23. The van der Waals surface area contributed by atoms with Crippen molar-refractivity contribution in [2.24, 2.45) is 0 Å². The van der Waals surface area contributed by atoms with Gasteiger partial charge in [-0.05, 0) is 12.1 Å². The van der Waals surface area contributed by atoms with E-state index in [1.165, 1.54) is 0 Å². The molecule has 1 aromatic heterocycles. The van der Waals surface area contributed by atoms with E-state index < -0.39 is 0 Å². The summed E-state index contributed by atoms with van der Waals surface area (Å²) in [4.78, 5) is 4.60. The average Bonchev–Trinajstić information content (AvgIpc) is 2.50. The highest BCUT2D eigenvalue weighted by Gasteiger charge is 2.08. The molecule has 0 spiro atoms. The molecule has 0 fully saturated rings. The molecule has 1 atom stereocenters. The Kier molecular flexibility index (Phi) is 5.29. The van der Waals surface area contributed by atoms with Crippen molar-refractivity contribution in [1.82, 2.24) is 10.3 Å². The number of fused-ring (bicyclic) bond motifs is 1. The van der Waals surface area contributed by atoms with Gasteiger partial charge in [-0.2, -0.15) is 0 Å². The standard InChI is InChI=1S/C15H20N2O3/c1-19-10-13(9-18)16-8-12-7-6-11-4-3-5-14(20-2)15(11)17-12/h3-7,13,16,18H,8-10H2,1-2H3. The molecule has 0 aliphatic carbocycles. The Balaban J connectivity index is 2.15. The number of ether oxygens (including phenoxy) is 2. The van der Waals surface area contributed by atoms with Gasteiger partial charge in [-0.1, -0.05) is 18.2 Å². The van der Waals surface area contributed by atoms with Crippen molar-refractivity contribution in [3.8, 4) is 5.75 Å². The van der Waals surface area contributed by atoms with Crippen LogP contribution in [0.1, 0.15) is 5.69 Å². The second-order valence-corrected chi connectivity index (χ2v) is 4.55. The average molecular weight is 276 g/mol. The molecule has 0 amide bonds. The Morgan fingerprint density at radius 2 is 2.10 bits per heavy atom. The highest BCUT2D eigenvalue weighted by atomic mass is 16.5. The summed E-state index contributed by atoms with van der Waals surface area (Å²) >= 11 is 0. The third kappa shape index (κ3) is 3.45. The number of methoxy groups -OCH3 is 2. The number of aliphatic hydroxyl groups is 1. The zero-order chi connectivity index (χ0) is 14.4. The van der Waals surface area contributed by atoms with E-state index in [-0.39, 0.29) is 12.6 Å². The minimum Gasteiger partial charge on any atom is -0.494 e. The van der Waals surface area contributed by atoms with Crippen LogP contribution in [-0.4, -0.2) is 43.6 Å². The van der Waals surface area contributed by atoms with E-state index in [4.69, 9.17) is 9.47 Å². The van der Waals surface area contributed by atoms with Crippen LogP contribution in [-0.2, 0) is 11.3 Å². The van der Waals surface area contributed by atoms with Crippen LogP contribution in [0.15, 0.2) is 30.3 Å². The summed E-state index contributed by atoms with van der Waals surface area (Å²) in [6, 6.07) is 9.75. The molecule has 5 heteroatoms. The van der Waals surface area contributed by atoms with E-state index in [0.717, 1.165) is 22.3 Å². The van der Waals surface area contributed by atoms with Crippen LogP contribution in [0.25, 0.3) is 10.9 Å². The maximum Gasteiger partial charge on any atom is 0.145 e. The first-order valence-electron chi connectivity index (χ1n) is 6.54. The van der Waals surface area contributed by atoms with Crippen LogP contribution in [0.2, 0.25) is 0 Å². The maximum atomic E-state index is 9.21. The third-order valence-corrected chi connectivity index (χ3v) is 3.12. The first kappa shape index (κ1) is 14.7. The Morgan fingerprint density at radius 3 is 2.80 bits per heavy atom. The minimum atomic E-state index is -0.0878. The van der Waals surface area contributed by atoms with E-state index in [1.807, 2.05) is 30.3 Å². The summed E-state index contributed by atoms with van der Waals surface area (Å²) in [7, 11) is 3.26. The second kappa shape index (κ2) is 7.19. The largest absolute Gasteiger partial charge is 0.494 e. The number of nitrogens with one attached hydrogen (secondary N) is 1. The fraction of sp³-hybridized carbons (Fsp3) is 0.400. The molecular weight excluding hydrogens is 256 g/mol.